The van der Waals surface area contributed by atoms with Gasteiger partial charge in [0, 0.05) is 16.5 Å². The standard InChI is InChI=1S/C21H19N3OS/c1-21(2)11-10-17-12-15(8-9-19(17)25-21)13-22-24-20-23-18(14-26-20)16-6-4-3-5-7-16/h3-14H,1-2H3,(H,23,24). The number of hydrogen-bond donors (Lipinski definition) is 1. The molecule has 1 N–H and O–H groups in total. The maximum absolute atomic E-state index is 5.94. The Balaban J connectivity index is 1.44. The maximum atomic E-state index is 5.94. The van der Waals surface area contributed by atoms with Crippen molar-refractivity contribution in [1.82, 2.24) is 4.98 Å². The molecule has 4 rings (SSSR count). The van der Waals surface area contributed by atoms with Crippen molar-refractivity contribution in [3.05, 3.63) is 71.1 Å². The highest BCUT2D eigenvalue weighted by atomic mass is 32.1. The number of anilines is 1. The van der Waals surface area contributed by atoms with E-state index >= 15 is 0 Å². The van der Waals surface area contributed by atoms with Crippen LogP contribution in [-0.4, -0.2) is 16.8 Å². The lowest BCUT2D eigenvalue weighted by Gasteiger charge is -2.27. The highest BCUT2D eigenvalue weighted by molar-refractivity contribution is 7.14. The van der Waals surface area contributed by atoms with Crippen molar-refractivity contribution in [1.29, 1.82) is 0 Å². The number of nitrogens with one attached hydrogen (secondary N) is 1. The fraction of sp³-hybridized carbons (Fsp3) is 0.143. The molecule has 0 saturated heterocycles. The van der Waals surface area contributed by atoms with Crippen LogP contribution in [0.4, 0.5) is 5.13 Å². The molecule has 1 aliphatic heterocycles. The van der Waals surface area contributed by atoms with E-state index in [0.717, 1.165) is 33.3 Å². The first-order valence-corrected chi connectivity index (χ1v) is 9.29. The molecule has 2 heterocycles. The van der Waals surface area contributed by atoms with E-state index < -0.39 is 0 Å². The predicted molar refractivity (Wildman–Crippen MR) is 109 cm³/mol. The summed E-state index contributed by atoms with van der Waals surface area (Å²) in [5, 5.41) is 7.09. The van der Waals surface area contributed by atoms with Gasteiger partial charge < -0.3 is 4.74 Å². The Morgan fingerprint density at radius 2 is 2.00 bits per heavy atom. The van der Waals surface area contributed by atoms with Crippen LogP contribution in [0.15, 0.2) is 65.1 Å². The molecule has 0 fully saturated rings. The molecule has 0 amide bonds. The minimum atomic E-state index is -0.258. The number of aromatic nitrogens is 1. The summed E-state index contributed by atoms with van der Waals surface area (Å²) in [5.41, 5.74) is 6.87. The number of fused-ring (bicyclic) bond motifs is 1. The molecule has 0 radical (unpaired) electrons. The van der Waals surface area contributed by atoms with Gasteiger partial charge in [0.05, 0.1) is 11.9 Å². The highest BCUT2D eigenvalue weighted by Crippen LogP contribution is 2.31. The van der Waals surface area contributed by atoms with Crippen LogP contribution in [-0.2, 0) is 0 Å². The first-order chi connectivity index (χ1) is 12.6. The number of rotatable bonds is 4. The summed E-state index contributed by atoms with van der Waals surface area (Å²) in [6.07, 6.45) is 5.95. The third-order valence-corrected chi connectivity index (χ3v) is 4.77. The zero-order chi connectivity index (χ0) is 18.0. The van der Waals surface area contributed by atoms with Gasteiger partial charge in [0.25, 0.3) is 0 Å². The Kier molecular flexibility index (Phi) is 4.31. The molecule has 0 bridgehead atoms. The zero-order valence-corrected chi connectivity index (χ0v) is 15.5. The van der Waals surface area contributed by atoms with Crippen molar-refractivity contribution in [2.24, 2.45) is 5.10 Å². The van der Waals surface area contributed by atoms with Crippen LogP contribution in [0.2, 0.25) is 0 Å². The molecule has 0 unspecified atom stereocenters. The lowest BCUT2D eigenvalue weighted by Crippen LogP contribution is -2.27. The molecule has 26 heavy (non-hydrogen) atoms. The molecule has 1 aromatic heterocycles. The van der Waals surface area contributed by atoms with E-state index in [1.165, 1.54) is 11.3 Å². The van der Waals surface area contributed by atoms with E-state index in [4.69, 9.17) is 4.74 Å². The molecule has 130 valence electrons. The van der Waals surface area contributed by atoms with E-state index in [2.05, 4.69) is 33.7 Å². The van der Waals surface area contributed by atoms with Gasteiger partial charge in [0.15, 0.2) is 0 Å². The summed E-state index contributed by atoms with van der Waals surface area (Å²) < 4.78 is 5.94. The van der Waals surface area contributed by atoms with Gasteiger partial charge in [-0.3, -0.25) is 5.43 Å². The van der Waals surface area contributed by atoms with Crippen molar-refractivity contribution in [2.75, 3.05) is 5.43 Å². The Morgan fingerprint density at radius 3 is 2.85 bits per heavy atom. The van der Waals surface area contributed by atoms with Crippen molar-refractivity contribution in [3.63, 3.8) is 0 Å². The summed E-state index contributed by atoms with van der Waals surface area (Å²) in [6.45, 7) is 4.09. The second kappa shape index (κ2) is 6.77. The van der Waals surface area contributed by atoms with Gasteiger partial charge in [0.2, 0.25) is 5.13 Å². The summed E-state index contributed by atoms with van der Waals surface area (Å²) in [5.74, 6) is 0.898. The minimum absolute atomic E-state index is 0.258. The SMILES string of the molecule is CC1(C)C=Cc2cc(C=NNc3nc(-c4ccccc4)cs3)ccc2O1. The molecule has 0 saturated carbocycles. The summed E-state index contributed by atoms with van der Waals surface area (Å²) >= 11 is 1.53. The Hall–Kier alpha value is -2.92. The van der Waals surface area contributed by atoms with Gasteiger partial charge in [-0.2, -0.15) is 5.10 Å². The lowest BCUT2D eigenvalue weighted by molar-refractivity contribution is 0.159. The third-order valence-electron chi connectivity index (χ3n) is 4.02. The lowest BCUT2D eigenvalue weighted by atomic mass is 10.0. The first kappa shape index (κ1) is 16.5. The quantitative estimate of drug-likeness (QED) is 0.497. The fourth-order valence-electron chi connectivity index (χ4n) is 2.71. The monoisotopic (exact) mass is 361 g/mol. The van der Waals surface area contributed by atoms with Crippen molar-refractivity contribution in [3.8, 4) is 17.0 Å². The summed E-state index contributed by atoms with van der Waals surface area (Å²) in [4.78, 5) is 4.56. The van der Waals surface area contributed by atoms with E-state index in [9.17, 15) is 0 Å². The van der Waals surface area contributed by atoms with Gasteiger partial charge in [-0.15, -0.1) is 11.3 Å². The average Bonchev–Trinajstić information content (AvgIpc) is 3.11. The fourth-order valence-corrected chi connectivity index (χ4v) is 3.38. The van der Waals surface area contributed by atoms with Crippen LogP contribution in [0.3, 0.4) is 0 Å². The number of ether oxygens (including phenoxy) is 1. The first-order valence-electron chi connectivity index (χ1n) is 8.41. The number of nitrogens with zero attached hydrogens (tertiary/aromatic N) is 2. The molecule has 4 nitrogen and oxygen atoms in total. The molecule has 3 aromatic rings. The van der Waals surface area contributed by atoms with E-state index in [0.29, 0.717) is 0 Å². The molecule has 0 aliphatic carbocycles. The van der Waals surface area contributed by atoms with Crippen LogP contribution in [0, 0.1) is 0 Å². The van der Waals surface area contributed by atoms with Crippen LogP contribution in [0.25, 0.3) is 17.3 Å². The number of hydrogen-bond acceptors (Lipinski definition) is 5. The molecule has 0 spiro atoms. The van der Waals surface area contributed by atoms with E-state index in [1.54, 1.807) is 6.21 Å². The Labute approximate surface area is 156 Å². The number of hydrazone groups is 1. The van der Waals surface area contributed by atoms with Crippen molar-refractivity contribution in [2.45, 2.75) is 19.4 Å². The normalized spacial score (nSPS) is 14.8. The van der Waals surface area contributed by atoms with Crippen molar-refractivity contribution < 1.29 is 4.74 Å². The second-order valence-electron chi connectivity index (χ2n) is 6.61. The topological polar surface area (TPSA) is 46.5 Å². The molecule has 1 aliphatic rings. The average molecular weight is 361 g/mol. The smallest absolute Gasteiger partial charge is 0.203 e. The largest absolute Gasteiger partial charge is 0.483 e. The van der Waals surface area contributed by atoms with Crippen LogP contribution in [0.5, 0.6) is 5.75 Å². The van der Waals surface area contributed by atoms with Crippen LogP contribution >= 0.6 is 11.3 Å². The van der Waals surface area contributed by atoms with E-state index in [-0.39, 0.29) is 5.60 Å². The Morgan fingerprint density at radius 1 is 1.15 bits per heavy atom. The number of benzene rings is 2. The van der Waals surface area contributed by atoms with Gasteiger partial charge in [-0.05, 0) is 43.7 Å². The molecular weight excluding hydrogens is 342 g/mol. The summed E-state index contributed by atoms with van der Waals surface area (Å²) in [7, 11) is 0. The van der Waals surface area contributed by atoms with Gasteiger partial charge in [0.1, 0.15) is 11.4 Å². The third kappa shape index (κ3) is 3.68. The van der Waals surface area contributed by atoms with Gasteiger partial charge in [-0.25, -0.2) is 4.98 Å². The van der Waals surface area contributed by atoms with Crippen molar-refractivity contribution >= 4 is 28.8 Å². The Bertz CT molecular complexity index is 974. The molecular formula is C21H19N3OS. The van der Waals surface area contributed by atoms with E-state index in [1.807, 2.05) is 61.7 Å². The maximum Gasteiger partial charge on any atom is 0.203 e. The van der Waals surface area contributed by atoms with Gasteiger partial charge in [-0.1, -0.05) is 36.4 Å². The number of thiazole rings is 1. The second-order valence-corrected chi connectivity index (χ2v) is 7.47. The zero-order valence-electron chi connectivity index (χ0n) is 14.6. The van der Waals surface area contributed by atoms with Crippen LogP contribution < -0.4 is 10.2 Å². The molecule has 5 heteroatoms. The predicted octanol–water partition coefficient (Wildman–Crippen LogP) is 5.44. The summed E-state index contributed by atoms with van der Waals surface area (Å²) in [6, 6.07) is 16.2. The molecule has 2 aromatic carbocycles. The van der Waals surface area contributed by atoms with Crippen LogP contribution in [0.1, 0.15) is 25.0 Å². The highest BCUT2D eigenvalue weighted by Gasteiger charge is 2.21. The molecule has 0 atom stereocenters. The minimum Gasteiger partial charge on any atom is -0.483 e. The van der Waals surface area contributed by atoms with Gasteiger partial charge >= 0.3 is 0 Å².